The molecular formula is C12H16O3. The van der Waals surface area contributed by atoms with Gasteiger partial charge in [-0.05, 0) is 13.8 Å². The van der Waals surface area contributed by atoms with Crippen LogP contribution in [0.25, 0.3) is 0 Å². The lowest BCUT2D eigenvalue weighted by molar-refractivity contribution is -0.140. The van der Waals surface area contributed by atoms with E-state index < -0.39 is 6.29 Å². The van der Waals surface area contributed by atoms with E-state index in [1.54, 1.807) is 6.07 Å². The van der Waals surface area contributed by atoms with Gasteiger partial charge in [-0.1, -0.05) is 24.3 Å². The second kappa shape index (κ2) is 6.32. The van der Waals surface area contributed by atoms with Crippen LogP contribution in [0.1, 0.15) is 36.1 Å². The van der Waals surface area contributed by atoms with Crippen molar-refractivity contribution in [1.29, 1.82) is 0 Å². The maximum absolute atomic E-state index is 10.8. The van der Waals surface area contributed by atoms with E-state index in [-0.39, 0.29) is 0 Å². The summed E-state index contributed by atoms with van der Waals surface area (Å²) in [6.45, 7) is 4.90. The van der Waals surface area contributed by atoms with Gasteiger partial charge in [0, 0.05) is 24.3 Å². The molecule has 0 unspecified atom stereocenters. The van der Waals surface area contributed by atoms with Crippen molar-refractivity contribution in [3.8, 4) is 0 Å². The van der Waals surface area contributed by atoms with E-state index in [0.29, 0.717) is 18.8 Å². The van der Waals surface area contributed by atoms with E-state index in [4.69, 9.17) is 9.47 Å². The Hall–Kier alpha value is -1.19. The largest absolute Gasteiger partial charge is 0.349 e. The second-order valence-electron chi connectivity index (χ2n) is 2.99. The van der Waals surface area contributed by atoms with Crippen LogP contribution in [0.15, 0.2) is 24.3 Å². The average molecular weight is 208 g/mol. The highest BCUT2D eigenvalue weighted by Gasteiger charge is 2.14. The summed E-state index contributed by atoms with van der Waals surface area (Å²) in [5.74, 6) is 0. The Morgan fingerprint density at radius 3 is 2.33 bits per heavy atom. The summed E-state index contributed by atoms with van der Waals surface area (Å²) < 4.78 is 10.9. The van der Waals surface area contributed by atoms with Crippen molar-refractivity contribution >= 4 is 6.29 Å². The topological polar surface area (TPSA) is 35.5 Å². The number of carbonyl (C=O) groups is 1. The van der Waals surface area contributed by atoms with Crippen LogP contribution in [-0.2, 0) is 9.47 Å². The molecule has 0 aliphatic heterocycles. The standard InChI is InChI=1S/C12H16O3/c1-3-14-12(15-4-2)11-8-6-5-7-10(11)9-13/h5-9,12H,3-4H2,1-2H3. The van der Waals surface area contributed by atoms with Gasteiger partial charge in [0.05, 0.1) is 0 Å². The third kappa shape index (κ3) is 3.15. The van der Waals surface area contributed by atoms with Crippen molar-refractivity contribution in [2.75, 3.05) is 13.2 Å². The fourth-order valence-electron chi connectivity index (χ4n) is 1.36. The third-order valence-corrected chi connectivity index (χ3v) is 2.01. The number of aldehydes is 1. The molecule has 15 heavy (non-hydrogen) atoms. The smallest absolute Gasteiger partial charge is 0.184 e. The van der Waals surface area contributed by atoms with Crippen molar-refractivity contribution in [1.82, 2.24) is 0 Å². The summed E-state index contributed by atoms with van der Waals surface area (Å²) in [5.41, 5.74) is 1.40. The molecule has 0 aliphatic carbocycles. The molecule has 1 rings (SSSR count). The predicted octanol–water partition coefficient (Wildman–Crippen LogP) is 2.57. The first kappa shape index (κ1) is 11.9. The maximum Gasteiger partial charge on any atom is 0.184 e. The van der Waals surface area contributed by atoms with Crippen LogP contribution < -0.4 is 0 Å². The Morgan fingerprint density at radius 1 is 1.20 bits per heavy atom. The fraction of sp³-hybridized carbons (Fsp3) is 0.417. The lowest BCUT2D eigenvalue weighted by atomic mass is 10.1. The molecule has 0 radical (unpaired) electrons. The molecular weight excluding hydrogens is 192 g/mol. The molecule has 0 heterocycles. The zero-order valence-electron chi connectivity index (χ0n) is 9.10. The molecule has 0 aromatic heterocycles. The van der Waals surface area contributed by atoms with Crippen molar-refractivity contribution in [2.24, 2.45) is 0 Å². The SMILES string of the molecule is CCOC(OCC)c1ccccc1C=O. The summed E-state index contributed by atoms with van der Waals surface area (Å²) in [4.78, 5) is 10.8. The molecule has 0 bridgehead atoms. The van der Waals surface area contributed by atoms with E-state index in [0.717, 1.165) is 11.8 Å². The number of rotatable bonds is 6. The normalized spacial score (nSPS) is 10.6. The first-order valence-electron chi connectivity index (χ1n) is 5.10. The van der Waals surface area contributed by atoms with Gasteiger partial charge in [-0.25, -0.2) is 0 Å². The highest BCUT2D eigenvalue weighted by molar-refractivity contribution is 5.77. The first-order chi connectivity index (χ1) is 7.33. The number of hydrogen-bond donors (Lipinski definition) is 0. The van der Waals surface area contributed by atoms with Crippen molar-refractivity contribution < 1.29 is 14.3 Å². The zero-order valence-corrected chi connectivity index (χ0v) is 9.10. The van der Waals surface area contributed by atoms with Gasteiger partial charge in [0.2, 0.25) is 0 Å². The average Bonchev–Trinajstić information content (AvgIpc) is 2.29. The van der Waals surface area contributed by atoms with Crippen LogP contribution in [0.3, 0.4) is 0 Å². The maximum atomic E-state index is 10.8. The molecule has 0 fully saturated rings. The minimum Gasteiger partial charge on any atom is -0.349 e. The number of hydrogen-bond acceptors (Lipinski definition) is 3. The highest BCUT2D eigenvalue weighted by atomic mass is 16.7. The van der Waals surface area contributed by atoms with E-state index in [9.17, 15) is 4.79 Å². The molecule has 1 aromatic rings. The van der Waals surface area contributed by atoms with Crippen LogP contribution in [0.4, 0.5) is 0 Å². The summed E-state index contributed by atoms with van der Waals surface area (Å²) in [5, 5.41) is 0. The van der Waals surface area contributed by atoms with Gasteiger partial charge >= 0.3 is 0 Å². The van der Waals surface area contributed by atoms with Crippen LogP contribution >= 0.6 is 0 Å². The molecule has 3 heteroatoms. The van der Waals surface area contributed by atoms with Crippen LogP contribution in [0, 0.1) is 0 Å². The van der Waals surface area contributed by atoms with Gasteiger partial charge in [-0.2, -0.15) is 0 Å². The molecule has 0 N–H and O–H groups in total. The van der Waals surface area contributed by atoms with Crippen LogP contribution in [0.5, 0.6) is 0 Å². The van der Waals surface area contributed by atoms with Crippen LogP contribution in [-0.4, -0.2) is 19.5 Å². The lowest BCUT2D eigenvalue weighted by Gasteiger charge is -2.18. The number of carbonyl (C=O) groups excluding carboxylic acids is 1. The monoisotopic (exact) mass is 208 g/mol. The second-order valence-corrected chi connectivity index (χ2v) is 2.99. The molecule has 0 aliphatic rings. The van der Waals surface area contributed by atoms with Crippen molar-refractivity contribution in [2.45, 2.75) is 20.1 Å². The fourth-order valence-corrected chi connectivity index (χ4v) is 1.36. The Kier molecular flexibility index (Phi) is 5.01. The summed E-state index contributed by atoms with van der Waals surface area (Å²) in [7, 11) is 0. The van der Waals surface area contributed by atoms with Gasteiger partial charge in [0.15, 0.2) is 12.6 Å². The van der Waals surface area contributed by atoms with Crippen molar-refractivity contribution in [3.63, 3.8) is 0 Å². The molecule has 1 aromatic carbocycles. The van der Waals surface area contributed by atoms with Gasteiger partial charge in [0.1, 0.15) is 0 Å². The van der Waals surface area contributed by atoms with Crippen LogP contribution in [0.2, 0.25) is 0 Å². The van der Waals surface area contributed by atoms with E-state index in [1.165, 1.54) is 0 Å². The van der Waals surface area contributed by atoms with Gasteiger partial charge < -0.3 is 9.47 Å². The minimum absolute atomic E-state index is 0.443. The number of ether oxygens (including phenoxy) is 2. The number of benzene rings is 1. The molecule has 0 saturated heterocycles. The first-order valence-corrected chi connectivity index (χ1v) is 5.10. The lowest BCUT2D eigenvalue weighted by Crippen LogP contribution is -2.10. The molecule has 3 nitrogen and oxygen atoms in total. The molecule has 0 amide bonds. The van der Waals surface area contributed by atoms with Gasteiger partial charge in [-0.3, -0.25) is 4.79 Å². The zero-order chi connectivity index (χ0) is 11.1. The predicted molar refractivity (Wildman–Crippen MR) is 57.8 cm³/mol. The summed E-state index contributed by atoms with van der Waals surface area (Å²) >= 11 is 0. The van der Waals surface area contributed by atoms with Crippen molar-refractivity contribution in [3.05, 3.63) is 35.4 Å². The summed E-state index contributed by atoms with van der Waals surface area (Å²) in [6.07, 6.45) is 0.377. The molecule has 82 valence electrons. The van der Waals surface area contributed by atoms with E-state index >= 15 is 0 Å². The third-order valence-electron chi connectivity index (χ3n) is 2.01. The Bertz CT molecular complexity index is 303. The van der Waals surface area contributed by atoms with E-state index in [1.807, 2.05) is 32.0 Å². The Labute approximate surface area is 90.0 Å². The van der Waals surface area contributed by atoms with Gasteiger partial charge in [0.25, 0.3) is 0 Å². The Balaban J connectivity index is 2.92. The Morgan fingerprint density at radius 2 is 1.80 bits per heavy atom. The molecule has 0 atom stereocenters. The molecule has 0 saturated carbocycles. The quantitative estimate of drug-likeness (QED) is 0.532. The summed E-state index contributed by atoms with van der Waals surface area (Å²) in [6, 6.07) is 7.29. The molecule has 0 spiro atoms. The highest BCUT2D eigenvalue weighted by Crippen LogP contribution is 2.21. The van der Waals surface area contributed by atoms with E-state index in [2.05, 4.69) is 0 Å². The van der Waals surface area contributed by atoms with Gasteiger partial charge in [-0.15, -0.1) is 0 Å². The minimum atomic E-state index is -0.443.